The van der Waals surface area contributed by atoms with Crippen LogP contribution in [0.25, 0.3) is 16.9 Å². The number of hydrogen-bond acceptors (Lipinski definition) is 4. The van der Waals surface area contributed by atoms with Crippen molar-refractivity contribution in [3.05, 3.63) is 130 Å². The molecule has 1 N–H and O–H groups in total. The van der Waals surface area contributed by atoms with E-state index in [9.17, 15) is 9.90 Å². The highest BCUT2D eigenvalue weighted by molar-refractivity contribution is 6.30. The van der Waals surface area contributed by atoms with Crippen molar-refractivity contribution in [2.75, 3.05) is 0 Å². The first kappa shape index (κ1) is 25.4. The zero-order valence-electron chi connectivity index (χ0n) is 20.1. The van der Waals surface area contributed by atoms with E-state index < -0.39 is 5.97 Å². The predicted molar refractivity (Wildman–Crippen MR) is 148 cm³/mol. The Hall–Kier alpha value is -4.26. The van der Waals surface area contributed by atoms with Gasteiger partial charge in [-0.1, -0.05) is 65.7 Å². The van der Waals surface area contributed by atoms with E-state index in [1.807, 2.05) is 66.7 Å². The highest BCUT2D eigenvalue weighted by Crippen LogP contribution is 2.35. The number of aromatic nitrogens is 2. The van der Waals surface area contributed by atoms with Gasteiger partial charge in [-0.05, 0) is 65.7 Å². The summed E-state index contributed by atoms with van der Waals surface area (Å²) < 4.78 is 13.6. The maximum atomic E-state index is 12.0. The van der Waals surface area contributed by atoms with Crippen LogP contribution >= 0.6 is 23.2 Å². The number of halogens is 2. The van der Waals surface area contributed by atoms with Gasteiger partial charge in [0.25, 0.3) is 0 Å². The Morgan fingerprint density at radius 2 is 1.37 bits per heavy atom. The molecule has 0 aliphatic carbocycles. The molecule has 0 fully saturated rings. The fourth-order valence-corrected chi connectivity index (χ4v) is 4.10. The van der Waals surface area contributed by atoms with Gasteiger partial charge in [0, 0.05) is 21.7 Å². The lowest BCUT2D eigenvalue weighted by Crippen LogP contribution is -2.07. The van der Waals surface area contributed by atoms with Crippen molar-refractivity contribution in [1.82, 2.24) is 9.78 Å². The molecule has 0 radical (unpaired) electrons. The second-order valence-electron chi connectivity index (χ2n) is 8.46. The van der Waals surface area contributed by atoms with Gasteiger partial charge in [-0.3, -0.25) is 0 Å². The van der Waals surface area contributed by atoms with E-state index >= 15 is 0 Å². The number of aromatic carboxylic acids is 1. The topological polar surface area (TPSA) is 73.6 Å². The minimum Gasteiger partial charge on any atom is -0.489 e. The van der Waals surface area contributed by atoms with Crippen LogP contribution in [0, 0.1) is 0 Å². The Bertz CT molecular complexity index is 1550. The molecule has 0 atom stereocenters. The van der Waals surface area contributed by atoms with E-state index in [4.69, 9.17) is 32.7 Å². The standard InChI is InChI=1S/C30H22Cl2N2O4/c31-22-10-6-20(7-11-22)18-37-25-14-15-26(29(16-25)38-19-21-8-12-23(32)13-9-21)27-17-28(30(35)36)34(33-27)24-4-2-1-3-5-24/h1-17H,18-19H2,(H,35,36). The Morgan fingerprint density at radius 3 is 1.97 bits per heavy atom. The molecule has 5 aromatic rings. The zero-order valence-corrected chi connectivity index (χ0v) is 21.6. The number of rotatable bonds is 9. The molecular formula is C30H22Cl2N2O4. The average Bonchev–Trinajstić information content (AvgIpc) is 3.39. The lowest BCUT2D eigenvalue weighted by atomic mass is 10.1. The van der Waals surface area contributed by atoms with Crippen molar-refractivity contribution in [3.63, 3.8) is 0 Å². The third-order valence-corrected chi connectivity index (χ3v) is 6.29. The first-order chi connectivity index (χ1) is 18.5. The molecule has 8 heteroatoms. The van der Waals surface area contributed by atoms with Gasteiger partial charge in [0.2, 0.25) is 0 Å². The monoisotopic (exact) mass is 544 g/mol. The predicted octanol–water partition coefficient (Wildman–Crippen LogP) is 7.70. The maximum Gasteiger partial charge on any atom is 0.354 e. The number of para-hydroxylation sites is 1. The quantitative estimate of drug-likeness (QED) is 0.206. The molecule has 0 saturated carbocycles. The maximum absolute atomic E-state index is 12.0. The average molecular weight is 545 g/mol. The number of carboxylic acid groups (broad SMARTS) is 1. The minimum atomic E-state index is -1.08. The van der Waals surface area contributed by atoms with Gasteiger partial charge in [-0.15, -0.1) is 0 Å². The molecule has 4 aromatic carbocycles. The fourth-order valence-electron chi connectivity index (χ4n) is 3.84. The molecule has 190 valence electrons. The molecule has 0 amide bonds. The third-order valence-electron chi connectivity index (χ3n) is 5.78. The Balaban J connectivity index is 1.48. The number of carbonyl (C=O) groups is 1. The van der Waals surface area contributed by atoms with Gasteiger partial charge >= 0.3 is 5.97 Å². The highest BCUT2D eigenvalue weighted by Gasteiger charge is 2.19. The van der Waals surface area contributed by atoms with Crippen LogP contribution in [0.15, 0.2) is 103 Å². The lowest BCUT2D eigenvalue weighted by Gasteiger charge is -2.14. The second-order valence-corrected chi connectivity index (χ2v) is 9.33. The normalized spacial score (nSPS) is 10.8. The molecule has 5 rings (SSSR count). The summed E-state index contributed by atoms with van der Waals surface area (Å²) in [4.78, 5) is 12.0. The molecule has 1 aromatic heterocycles. The van der Waals surface area contributed by atoms with Crippen molar-refractivity contribution in [3.8, 4) is 28.4 Å². The van der Waals surface area contributed by atoms with Gasteiger partial charge in [0.15, 0.2) is 5.69 Å². The molecule has 0 aliphatic rings. The Kier molecular flexibility index (Phi) is 7.63. The number of hydrogen-bond donors (Lipinski definition) is 1. The van der Waals surface area contributed by atoms with E-state index in [0.29, 0.717) is 45.1 Å². The van der Waals surface area contributed by atoms with Crippen LogP contribution in [0.2, 0.25) is 10.0 Å². The summed E-state index contributed by atoms with van der Waals surface area (Å²) in [5, 5.41) is 15.8. The molecule has 0 spiro atoms. The van der Waals surface area contributed by atoms with E-state index in [0.717, 1.165) is 11.1 Å². The van der Waals surface area contributed by atoms with Gasteiger partial charge < -0.3 is 14.6 Å². The Morgan fingerprint density at radius 1 is 0.763 bits per heavy atom. The van der Waals surface area contributed by atoms with Crippen molar-refractivity contribution >= 4 is 29.2 Å². The number of nitrogens with zero attached hydrogens (tertiary/aromatic N) is 2. The first-order valence-electron chi connectivity index (χ1n) is 11.7. The highest BCUT2D eigenvalue weighted by atomic mass is 35.5. The molecule has 0 saturated heterocycles. The van der Waals surface area contributed by atoms with E-state index in [2.05, 4.69) is 5.10 Å². The van der Waals surface area contributed by atoms with Crippen LogP contribution in [0.5, 0.6) is 11.5 Å². The van der Waals surface area contributed by atoms with E-state index in [1.54, 1.807) is 30.3 Å². The number of carboxylic acids is 1. The van der Waals surface area contributed by atoms with Crippen LogP contribution in [0.4, 0.5) is 0 Å². The van der Waals surface area contributed by atoms with Crippen LogP contribution < -0.4 is 9.47 Å². The first-order valence-corrected chi connectivity index (χ1v) is 12.5. The van der Waals surface area contributed by atoms with Crippen LogP contribution in [0.1, 0.15) is 21.6 Å². The molecular weight excluding hydrogens is 523 g/mol. The van der Waals surface area contributed by atoms with Gasteiger partial charge in [0.1, 0.15) is 24.7 Å². The molecule has 0 aliphatic heterocycles. The smallest absolute Gasteiger partial charge is 0.354 e. The summed E-state index contributed by atoms with van der Waals surface area (Å²) in [5.41, 5.74) is 3.67. The van der Waals surface area contributed by atoms with E-state index in [-0.39, 0.29) is 12.3 Å². The third kappa shape index (κ3) is 5.99. The van der Waals surface area contributed by atoms with Crippen molar-refractivity contribution in [2.24, 2.45) is 0 Å². The zero-order chi connectivity index (χ0) is 26.5. The van der Waals surface area contributed by atoms with Crippen molar-refractivity contribution in [1.29, 1.82) is 0 Å². The fraction of sp³-hybridized carbons (Fsp3) is 0.0667. The van der Waals surface area contributed by atoms with Gasteiger partial charge in [-0.2, -0.15) is 5.10 Å². The second kappa shape index (κ2) is 11.4. The van der Waals surface area contributed by atoms with Crippen molar-refractivity contribution < 1.29 is 19.4 Å². The van der Waals surface area contributed by atoms with Crippen LogP contribution in [0.3, 0.4) is 0 Å². The van der Waals surface area contributed by atoms with Crippen LogP contribution in [-0.2, 0) is 13.2 Å². The van der Waals surface area contributed by atoms with Gasteiger partial charge in [-0.25, -0.2) is 9.48 Å². The van der Waals surface area contributed by atoms with Gasteiger partial charge in [0.05, 0.1) is 11.4 Å². The summed E-state index contributed by atoms with van der Waals surface area (Å²) in [6.07, 6.45) is 0. The summed E-state index contributed by atoms with van der Waals surface area (Å²) in [6, 6.07) is 30.9. The summed E-state index contributed by atoms with van der Waals surface area (Å²) in [5.74, 6) is 0.0121. The van der Waals surface area contributed by atoms with Crippen molar-refractivity contribution in [2.45, 2.75) is 13.2 Å². The Labute approximate surface area is 229 Å². The SMILES string of the molecule is O=C(O)c1cc(-c2ccc(OCc3ccc(Cl)cc3)cc2OCc2ccc(Cl)cc2)nn1-c1ccccc1. The molecule has 38 heavy (non-hydrogen) atoms. The van der Waals surface area contributed by atoms with E-state index in [1.165, 1.54) is 10.7 Å². The summed E-state index contributed by atoms with van der Waals surface area (Å²) in [7, 11) is 0. The lowest BCUT2D eigenvalue weighted by molar-refractivity contribution is 0.0687. The number of benzene rings is 4. The minimum absolute atomic E-state index is 0.0397. The molecule has 0 bridgehead atoms. The molecule has 6 nitrogen and oxygen atoms in total. The largest absolute Gasteiger partial charge is 0.489 e. The summed E-state index contributed by atoms with van der Waals surface area (Å²) in [6.45, 7) is 0.620. The molecule has 1 heterocycles. The summed E-state index contributed by atoms with van der Waals surface area (Å²) >= 11 is 12.0. The molecule has 0 unspecified atom stereocenters. The number of ether oxygens (including phenoxy) is 2. The van der Waals surface area contributed by atoms with Crippen LogP contribution in [-0.4, -0.2) is 20.9 Å².